The van der Waals surface area contributed by atoms with Crippen molar-refractivity contribution in [1.29, 1.82) is 0 Å². The molecule has 0 aliphatic carbocycles. The van der Waals surface area contributed by atoms with E-state index in [0.717, 1.165) is 31.5 Å². The summed E-state index contributed by atoms with van der Waals surface area (Å²) in [7, 11) is 0.159. The van der Waals surface area contributed by atoms with Crippen molar-refractivity contribution < 1.29 is 13.2 Å². The van der Waals surface area contributed by atoms with Gasteiger partial charge in [0.05, 0.1) is 21.4 Å². The Kier molecular flexibility index (Phi) is 7.29. The summed E-state index contributed by atoms with van der Waals surface area (Å²) in [6, 6.07) is 11.2. The highest BCUT2D eigenvalue weighted by atomic mass is 35.5. The Morgan fingerprint density at radius 3 is 2.33 bits per heavy atom. The molecule has 1 aliphatic heterocycles. The maximum absolute atomic E-state index is 12.6. The number of hydrogen-bond donors (Lipinski definition) is 1. The number of hydrogen-bond acceptors (Lipinski definition) is 4. The van der Waals surface area contributed by atoms with E-state index in [2.05, 4.69) is 16.7 Å². The molecule has 1 fully saturated rings. The quantitative estimate of drug-likeness (QED) is 0.696. The van der Waals surface area contributed by atoms with Crippen LogP contribution in [-0.2, 0) is 21.2 Å². The Morgan fingerprint density at radius 2 is 1.73 bits per heavy atom. The number of rotatable bonds is 6. The molecule has 0 spiro atoms. The molecular formula is C21H25Cl2N3O3S. The maximum Gasteiger partial charge on any atom is 0.261 e. The first kappa shape index (κ1) is 22.9. The highest BCUT2D eigenvalue weighted by Crippen LogP contribution is 2.26. The predicted molar refractivity (Wildman–Crippen MR) is 121 cm³/mol. The topological polar surface area (TPSA) is 69.7 Å². The monoisotopic (exact) mass is 469 g/mol. The maximum atomic E-state index is 12.6. The van der Waals surface area contributed by atoms with Gasteiger partial charge in [-0.25, -0.2) is 8.42 Å². The van der Waals surface area contributed by atoms with Crippen LogP contribution in [0.3, 0.4) is 0 Å². The van der Waals surface area contributed by atoms with Crippen LogP contribution in [0.5, 0.6) is 0 Å². The number of nitrogens with one attached hydrogen (secondary N) is 1. The zero-order valence-corrected chi connectivity index (χ0v) is 19.3. The van der Waals surface area contributed by atoms with Gasteiger partial charge in [0.2, 0.25) is 5.91 Å². The lowest BCUT2D eigenvalue weighted by Gasteiger charge is -2.35. The van der Waals surface area contributed by atoms with Crippen LogP contribution < -0.4 is 4.72 Å². The van der Waals surface area contributed by atoms with Crippen molar-refractivity contribution in [3.05, 3.63) is 58.1 Å². The molecule has 0 atom stereocenters. The number of sulfonamides is 1. The minimum atomic E-state index is -3.79. The molecule has 2 aromatic rings. The molecule has 0 bridgehead atoms. The van der Waals surface area contributed by atoms with Gasteiger partial charge in [0.25, 0.3) is 10.0 Å². The second-order valence-electron chi connectivity index (χ2n) is 7.59. The largest absolute Gasteiger partial charge is 0.342 e. The zero-order chi connectivity index (χ0) is 21.9. The molecule has 0 unspecified atom stereocenters. The molecule has 1 saturated heterocycles. The number of piperidine rings is 1. The van der Waals surface area contributed by atoms with Crippen molar-refractivity contribution in [2.24, 2.45) is 0 Å². The number of nitrogens with zero attached hydrogens (tertiary/aromatic N) is 2. The van der Waals surface area contributed by atoms with E-state index in [1.54, 1.807) is 24.3 Å². The minimum Gasteiger partial charge on any atom is -0.342 e. The van der Waals surface area contributed by atoms with Crippen molar-refractivity contribution in [1.82, 2.24) is 9.80 Å². The second kappa shape index (κ2) is 9.56. The highest BCUT2D eigenvalue weighted by molar-refractivity contribution is 7.92. The normalized spacial score (nSPS) is 15.7. The minimum absolute atomic E-state index is 0.0240. The van der Waals surface area contributed by atoms with E-state index in [4.69, 9.17) is 23.2 Å². The predicted octanol–water partition coefficient (Wildman–Crippen LogP) is 3.89. The number of likely N-dealkylation sites (tertiary alicyclic amines) is 1. The van der Waals surface area contributed by atoms with Crippen molar-refractivity contribution in [3.8, 4) is 0 Å². The zero-order valence-electron chi connectivity index (χ0n) is 16.9. The molecule has 2 aromatic carbocycles. The van der Waals surface area contributed by atoms with Gasteiger partial charge in [-0.3, -0.25) is 9.52 Å². The van der Waals surface area contributed by atoms with Gasteiger partial charge in [0.1, 0.15) is 0 Å². The molecule has 0 aromatic heterocycles. The van der Waals surface area contributed by atoms with E-state index >= 15 is 0 Å². The first-order valence-corrected chi connectivity index (χ1v) is 11.9. The lowest BCUT2D eigenvalue weighted by molar-refractivity contribution is -0.132. The van der Waals surface area contributed by atoms with Gasteiger partial charge in [0.15, 0.2) is 0 Å². The average molecular weight is 470 g/mol. The van der Waals surface area contributed by atoms with Crippen LogP contribution in [0.1, 0.15) is 18.4 Å². The van der Waals surface area contributed by atoms with E-state index in [-0.39, 0.29) is 33.3 Å². The third kappa shape index (κ3) is 5.66. The average Bonchev–Trinajstić information content (AvgIpc) is 2.71. The lowest BCUT2D eigenvalue weighted by atomic mass is 10.0. The molecule has 9 heteroatoms. The Morgan fingerprint density at radius 1 is 1.10 bits per heavy atom. The highest BCUT2D eigenvalue weighted by Gasteiger charge is 2.24. The molecule has 0 radical (unpaired) electrons. The van der Waals surface area contributed by atoms with Gasteiger partial charge in [-0.2, -0.15) is 0 Å². The molecule has 1 heterocycles. The summed E-state index contributed by atoms with van der Waals surface area (Å²) in [5, 5.41) is 0.456. The molecular weight excluding hydrogens is 445 g/mol. The second-order valence-corrected chi connectivity index (χ2v) is 10.1. The number of benzene rings is 2. The summed E-state index contributed by atoms with van der Waals surface area (Å²) in [6.07, 6.45) is 2.24. The lowest BCUT2D eigenvalue weighted by Crippen LogP contribution is -2.44. The number of anilines is 1. The summed E-state index contributed by atoms with van der Waals surface area (Å²) in [6.45, 7) is 1.99. The van der Waals surface area contributed by atoms with E-state index in [1.807, 2.05) is 11.9 Å². The Hall–Kier alpha value is -1.80. The molecule has 0 saturated carbocycles. The van der Waals surface area contributed by atoms with Gasteiger partial charge < -0.3 is 9.80 Å². The Labute approximate surface area is 187 Å². The molecule has 162 valence electrons. The number of halogens is 2. The number of likely N-dealkylation sites (N-methyl/N-ethyl adjacent to an activating group) is 1. The fourth-order valence-corrected chi connectivity index (χ4v) is 4.88. The standard InChI is InChI=1S/C21H25Cl2N3O3S/c1-25-11-9-17(10-12-25)26(2)21(27)13-15-3-5-16(6-4-15)24-30(28,29)18-7-8-19(22)20(23)14-18/h3-8,14,17,24H,9-13H2,1-2H3. The van der Waals surface area contributed by atoms with E-state index < -0.39 is 10.0 Å². The van der Waals surface area contributed by atoms with Gasteiger partial charge in [0, 0.05) is 18.8 Å². The van der Waals surface area contributed by atoms with Crippen molar-refractivity contribution >= 4 is 44.8 Å². The van der Waals surface area contributed by atoms with Gasteiger partial charge in [-0.05, 0) is 68.9 Å². The molecule has 3 rings (SSSR count). The molecule has 6 nitrogen and oxygen atoms in total. The summed E-state index contributed by atoms with van der Waals surface area (Å²) in [5.74, 6) is 0.0636. The third-order valence-corrected chi connectivity index (χ3v) is 7.51. The van der Waals surface area contributed by atoms with Crippen LogP contribution in [0.15, 0.2) is 47.4 Å². The fraction of sp³-hybridized carbons (Fsp3) is 0.381. The SMILES string of the molecule is CN1CCC(N(C)C(=O)Cc2ccc(NS(=O)(=O)c3ccc(Cl)c(Cl)c3)cc2)CC1. The first-order chi connectivity index (χ1) is 14.2. The Balaban J connectivity index is 1.61. The van der Waals surface area contributed by atoms with Crippen molar-refractivity contribution in [3.63, 3.8) is 0 Å². The van der Waals surface area contributed by atoms with E-state index in [0.29, 0.717) is 5.69 Å². The number of amides is 1. The molecule has 1 aliphatic rings. The summed E-state index contributed by atoms with van der Waals surface area (Å²) in [4.78, 5) is 16.8. The summed E-state index contributed by atoms with van der Waals surface area (Å²) < 4.78 is 27.6. The molecule has 30 heavy (non-hydrogen) atoms. The van der Waals surface area contributed by atoms with Crippen LogP contribution >= 0.6 is 23.2 Å². The van der Waals surface area contributed by atoms with Crippen LogP contribution in [-0.4, -0.2) is 57.4 Å². The number of carbonyl (C=O) groups is 1. The number of carbonyl (C=O) groups excluding carboxylic acids is 1. The summed E-state index contributed by atoms with van der Waals surface area (Å²) >= 11 is 11.8. The Bertz CT molecular complexity index is 1000. The molecule has 1 N–H and O–H groups in total. The van der Waals surface area contributed by atoms with E-state index in [1.165, 1.54) is 18.2 Å². The van der Waals surface area contributed by atoms with Gasteiger partial charge in [-0.15, -0.1) is 0 Å². The smallest absolute Gasteiger partial charge is 0.261 e. The van der Waals surface area contributed by atoms with Crippen molar-refractivity contribution in [2.75, 3.05) is 31.9 Å². The van der Waals surface area contributed by atoms with Crippen LogP contribution in [0.4, 0.5) is 5.69 Å². The molecule has 1 amide bonds. The van der Waals surface area contributed by atoms with Crippen LogP contribution in [0.2, 0.25) is 10.0 Å². The van der Waals surface area contributed by atoms with E-state index in [9.17, 15) is 13.2 Å². The van der Waals surface area contributed by atoms with Crippen LogP contribution in [0.25, 0.3) is 0 Å². The summed E-state index contributed by atoms with van der Waals surface area (Å²) in [5.41, 5.74) is 1.23. The first-order valence-electron chi connectivity index (χ1n) is 9.67. The van der Waals surface area contributed by atoms with Gasteiger partial charge >= 0.3 is 0 Å². The third-order valence-electron chi connectivity index (χ3n) is 5.39. The van der Waals surface area contributed by atoms with Crippen LogP contribution in [0, 0.1) is 0 Å². The fourth-order valence-electron chi connectivity index (χ4n) is 3.43. The van der Waals surface area contributed by atoms with Gasteiger partial charge in [-0.1, -0.05) is 35.3 Å². The van der Waals surface area contributed by atoms with Crippen molar-refractivity contribution in [2.45, 2.75) is 30.2 Å².